The first-order chi connectivity index (χ1) is 11.5. The van der Waals surface area contributed by atoms with Crippen molar-refractivity contribution in [1.82, 2.24) is 19.5 Å². The Kier molecular flexibility index (Phi) is 4.29. The molecule has 0 aliphatic heterocycles. The standard InChI is InChI=1S/C15H18N4O4S/c1-4-19-14(16-17-15(19)22-3)10(2)18-24(20,21)13-9-11-7-5-6-8-12(11)23-13/h5-10,18H,4H2,1-3H3/t10-/m1/s1. The molecule has 128 valence electrons. The third kappa shape index (κ3) is 2.87. The second-order valence-corrected chi connectivity index (χ2v) is 6.88. The number of fused-ring (bicyclic) bond motifs is 1. The highest BCUT2D eigenvalue weighted by Gasteiger charge is 2.26. The van der Waals surface area contributed by atoms with Crippen LogP contribution in [-0.4, -0.2) is 30.3 Å². The Hall–Kier alpha value is -2.39. The smallest absolute Gasteiger partial charge is 0.316 e. The summed E-state index contributed by atoms with van der Waals surface area (Å²) in [5.41, 5.74) is 0.518. The Morgan fingerprint density at radius 2 is 2.08 bits per heavy atom. The van der Waals surface area contributed by atoms with E-state index in [4.69, 9.17) is 9.15 Å². The van der Waals surface area contributed by atoms with Gasteiger partial charge in [-0.05, 0) is 19.9 Å². The topological polar surface area (TPSA) is 99.2 Å². The fraction of sp³-hybridized carbons (Fsp3) is 0.333. The van der Waals surface area contributed by atoms with Gasteiger partial charge in [0.15, 0.2) is 5.82 Å². The number of nitrogens with zero attached hydrogens (tertiary/aromatic N) is 3. The zero-order valence-corrected chi connectivity index (χ0v) is 14.4. The number of aromatic nitrogens is 3. The maximum absolute atomic E-state index is 12.6. The van der Waals surface area contributed by atoms with E-state index in [1.807, 2.05) is 13.0 Å². The van der Waals surface area contributed by atoms with Crippen molar-refractivity contribution < 1.29 is 17.6 Å². The lowest BCUT2D eigenvalue weighted by Crippen LogP contribution is -2.28. The molecule has 1 N–H and O–H groups in total. The molecule has 0 radical (unpaired) electrons. The number of hydrogen-bond donors (Lipinski definition) is 1. The summed E-state index contributed by atoms with van der Waals surface area (Å²) >= 11 is 0. The number of nitrogens with one attached hydrogen (secondary N) is 1. The number of methoxy groups -OCH3 is 1. The van der Waals surface area contributed by atoms with Crippen LogP contribution in [0.3, 0.4) is 0 Å². The molecule has 0 saturated heterocycles. The van der Waals surface area contributed by atoms with Crippen LogP contribution in [0.15, 0.2) is 39.8 Å². The monoisotopic (exact) mass is 350 g/mol. The van der Waals surface area contributed by atoms with Crippen molar-refractivity contribution in [3.8, 4) is 6.01 Å². The van der Waals surface area contributed by atoms with Gasteiger partial charge < -0.3 is 9.15 Å². The molecule has 0 fully saturated rings. The molecule has 2 heterocycles. The Bertz CT molecular complexity index is 928. The lowest BCUT2D eigenvalue weighted by Gasteiger charge is -2.13. The van der Waals surface area contributed by atoms with Gasteiger partial charge in [-0.3, -0.25) is 4.57 Å². The molecular weight excluding hydrogens is 332 g/mol. The van der Waals surface area contributed by atoms with E-state index in [0.717, 1.165) is 5.39 Å². The van der Waals surface area contributed by atoms with Gasteiger partial charge in [-0.15, -0.1) is 5.10 Å². The minimum Gasteiger partial charge on any atom is -0.467 e. The van der Waals surface area contributed by atoms with E-state index in [1.54, 1.807) is 29.7 Å². The highest BCUT2D eigenvalue weighted by atomic mass is 32.2. The number of para-hydroxylation sites is 1. The number of rotatable bonds is 6. The summed E-state index contributed by atoms with van der Waals surface area (Å²) in [6.45, 7) is 4.15. The molecule has 3 rings (SSSR count). The molecule has 0 bridgehead atoms. The van der Waals surface area contributed by atoms with Crippen LogP contribution in [0.1, 0.15) is 25.7 Å². The van der Waals surface area contributed by atoms with Crippen molar-refractivity contribution in [3.63, 3.8) is 0 Å². The maximum Gasteiger partial charge on any atom is 0.316 e. The Balaban J connectivity index is 1.90. The number of benzene rings is 1. The first-order valence-electron chi connectivity index (χ1n) is 7.44. The largest absolute Gasteiger partial charge is 0.467 e. The van der Waals surface area contributed by atoms with Gasteiger partial charge in [0, 0.05) is 18.0 Å². The van der Waals surface area contributed by atoms with Crippen LogP contribution in [-0.2, 0) is 16.6 Å². The molecule has 0 aliphatic rings. The summed E-state index contributed by atoms with van der Waals surface area (Å²) in [5.74, 6) is 0.467. The first kappa shape index (κ1) is 16.5. The second-order valence-electron chi connectivity index (χ2n) is 5.24. The van der Waals surface area contributed by atoms with Crippen molar-refractivity contribution >= 4 is 21.0 Å². The van der Waals surface area contributed by atoms with Crippen molar-refractivity contribution in [2.75, 3.05) is 7.11 Å². The lowest BCUT2D eigenvalue weighted by molar-refractivity contribution is 0.354. The van der Waals surface area contributed by atoms with Gasteiger partial charge in [-0.1, -0.05) is 23.3 Å². The molecule has 0 aliphatic carbocycles. The van der Waals surface area contributed by atoms with Crippen LogP contribution in [0.5, 0.6) is 6.01 Å². The van der Waals surface area contributed by atoms with E-state index in [-0.39, 0.29) is 5.09 Å². The van der Waals surface area contributed by atoms with Crippen LogP contribution in [0, 0.1) is 0 Å². The highest BCUT2D eigenvalue weighted by molar-refractivity contribution is 7.89. The predicted molar refractivity (Wildman–Crippen MR) is 87.2 cm³/mol. The van der Waals surface area contributed by atoms with Crippen LogP contribution in [0.4, 0.5) is 0 Å². The Labute approximate surface area is 139 Å². The van der Waals surface area contributed by atoms with E-state index in [0.29, 0.717) is 24.0 Å². The summed E-state index contributed by atoms with van der Waals surface area (Å²) in [6, 6.07) is 8.35. The van der Waals surface area contributed by atoms with Gasteiger partial charge in [0.2, 0.25) is 5.09 Å². The van der Waals surface area contributed by atoms with Gasteiger partial charge >= 0.3 is 6.01 Å². The SMILES string of the molecule is CCn1c(OC)nnc1[C@@H](C)NS(=O)(=O)c1cc2ccccc2o1. The van der Waals surface area contributed by atoms with E-state index in [2.05, 4.69) is 14.9 Å². The van der Waals surface area contributed by atoms with E-state index < -0.39 is 16.1 Å². The summed E-state index contributed by atoms with van der Waals surface area (Å²) < 4.78 is 39.9. The molecule has 1 aromatic carbocycles. The van der Waals surface area contributed by atoms with Gasteiger partial charge in [0.1, 0.15) is 5.58 Å². The van der Waals surface area contributed by atoms with Crippen LogP contribution in [0.2, 0.25) is 0 Å². The van der Waals surface area contributed by atoms with Crippen LogP contribution in [0.25, 0.3) is 11.0 Å². The minimum atomic E-state index is -3.83. The Morgan fingerprint density at radius 3 is 2.75 bits per heavy atom. The average Bonchev–Trinajstić information content (AvgIpc) is 3.18. The minimum absolute atomic E-state index is 0.134. The van der Waals surface area contributed by atoms with Crippen LogP contribution >= 0.6 is 0 Å². The third-order valence-electron chi connectivity index (χ3n) is 3.63. The second kappa shape index (κ2) is 6.25. The molecule has 1 atom stereocenters. The van der Waals surface area contributed by atoms with Crippen molar-refractivity contribution in [2.45, 2.75) is 31.5 Å². The average molecular weight is 350 g/mol. The van der Waals surface area contributed by atoms with E-state index in [9.17, 15) is 8.42 Å². The summed E-state index contributed by atoms with van der Waals surface area (Å²) in [4.78, 5) is 0. The maximum atomic E-state index is 12.6. The molecule has 8 nitrogen and oxygen atoms in total. The quantitative estimate of drug-likeness (QED) is 0.731. The predicted octanol–water partition coefficient (Wildman–Crippen LogP) is 2.09. The van der Waals surface area contributed by atoms with Gasteiger partial charge in [-0.25, -0.2) is 8.42 Å². The number of furan rings is 1. The van der Waals surface area contributed by atoms with E-state index >= 15 is 0 Å². The number of ether oxygens (including phenoxy) is 1. The number of sulfonamides is 1. The molecule has 2 aromatic heterocycles. The van der Waals surface area contributed by atoms with Crippen LogP contribution < -0.4 is 9.46 Å². The third-order valence-corrected chi connectivity index (χ3v) is 5.03. The molecule has 24 heavy (non-hydrogen) atoms. The molecular formula is C15H18N4O4S. The number of hydrogen-bond acceptors (Lipinski definition) is 6. The van der Waals surface area contributed by atoms with Gasteiger partial charge in [-0.2, -0.15) is 4.72 Å². The van der Waals surface area contributed by atoms with Crippen molar-refractivity contribution in [3.05, 3.63) is 36.2 Å². The summed E-state index contributed by atoms with van der Waals surface area (Å²) in [5, 5.41) is 8.50. The van der Waals surface area contributed by atoms with Crippen molar-refractivity contribution in [1.29, 1.82) is 0 Å². The van der Waals surface area contributed by atoms with E-state index in [1.165, 1.54) is 13.2 Å². The summed E-state index contributed by atoms with van der Waals surface area (Å²) in [6.07, 6.45) is 0. The van der Waals surface area contributed by atoms with Gasteiger partial charge in [0.25, 0.3) is 10.0 Å². The highest BCUT2D eigenvalue weighted by Crippen LogP contribution is 2.24. The van der Waals surface area contributed by atoms with Crippen molar-refractivity contribution in [2.24, 2.45) is 0 Å². The zero-order chi connectivity index (χ0) is 17.3. The zero-order valence-electron chi connectivity index (χ0n) is 13.6. The molecule has 3 aromatic rings. The summed E-state index contributed by atoms with van der Waals surface area (Å²) in [7, 11) is -2.34. The molecule has 0 saturated carbocycles. The van der Waals surface area contributed by atoms with Gasteiger partial charge in [0.05, 0.1) is 13.2 Å². The first-order valence-corrected chi connectivity index (χ1v) is 8.92. The fourth-order valence-corrected chi connectivity index (χ4v) is 3.67. The lowest BCUT2D eigenvalue weighted by atomic mass is 10.3. The Morgan fingerprint density at radius 1 is 1.33 bits per heavy atom. The molecule has 0 spiro atoms. The normalized spacial score (nSPS) is 13.3. The molecule has 0 amide bonds. The molecule has 0 unspecified atom stereocenters. The molecule has 9 heteroatoms. The fourth-order valence-electron chi connectivity index (χ4n) is 2.50.